The number of aryl methyl sites for hydroxylation is 1. The van der Waals surface area contributed by atoms with E-state index in [4.69, 9.17) is 0 Å². The molecule has 5 aliphatic rings. The van der Waals surface area contributed by atoms with Crippen LogP contribution < -0.4 is 0 Å². The molecular formula is C30H43N3O4S. The van der Waals surface area contributed by atoms with Crippen molar-refractivity contribution >= 4 is 21.8 Å². The van der Waals surface area contributed by atoms with Crippen LogP contribution in [0.15, 0.2) is 18.2 Å². The summed E-state index contributed by atoms with van der Waals surface area (Å²) in [4.78, 5) is 30.5. The molecule has 1 aromatic carbocycles. The predicted octanol–water partition coefficient (Wildman–Crippen LogP) is 4.19. The normalized spacial score (nSPS) is 32.7. The van der Waals surface area contributed by atoms with Crippen LogP contribution in [0.5, 0.6) is 0 Å². The number of amides is 2. The molecule has 7 nitrogen and oxygen atoms in total. The van der Waals surface area contributed by atoms with Crippen molar-refractivity contribution in [3.8, 4) is 0 Å². The minimum atomic E-state index is -3.66. The number of hydrogen-bond acceptors (Lipinski definition) is 5. The Morgan fingerprint density at radius 2 is 1.84 bits per heavy atom. The largest absolute Gasteiger partial charge is 0.296 e. The smallest absolute Gasteiger partial charge is 0.230 e. The number of likely N-dealkylation sites (tertiary alicyclic amines) is 1. The lowest BCUT2D eigenvalue weighted by Crippen LogP contribution is -2.61. The molecule has 0 aromatic heterocycles. The van der Waals surface area contributed by atoms with Gasteiger partial charge in [-0.05, 0) is 75.8 Å². The number of hydrogen-bond donors (Lipinski definition) is 0. The molecule has 0 radical (unpaired) electrons. The molecule has 4 aliphatic heterocycles. The first-order chi connectivity index (χ1) is 18.1. The Hall–Kier alpha value is -1.77. The quantitative estimate of drug-likeness (QED) is 0.534. The van der Waals surface area contributed by atoms with Gasteiger partial charge in [0.25, 0.3) is 0 Å². The molecule has 2 unspecified atom stereocenters. The monoisotopic (exact) mass is 541 g/mol. The molecule has 1 spiro atoms. The number of nitrogens with zero attached hydrogens (tertiary/aromatic N) is 3. The van der Waals surface area contributed by atoms with Gasteiger partial charge in [0.1, 0.15) is 0 Å². The van der Waals surface area contributed by atoms with E-state index in [0.29, 0.717) is 31.7 Å². The van der Waals surface area contributed by atoms with E-state index in [1.807, 2.05) is 18.2 Å². The topological polar surface area (TPSA) is 78.0 Å². The van der Waals surface area contributed by atoms with Crippen LogP contribution in [0.3, 0.4) is 0 Å². The van der Waals surface area contributed by atoms with Crippen molar-refractivity contribution in [1.82, 2.24) is 14.1 Å². The van der Waals surface area contributed by atoms with Gasteiger partial charge in [0.05, 0.1) is 5.25 Å². The molecule has 2 amide bonds. The Labute approximate surface area is 228 Å². The first kappa shape index (κ1) is 26.5. The molecule has 0 bridgehead atoms. The van der Waals surface area contributed by atoms with E-state index in [0.717, 1.165) is 45.2 Å². The molecular weight excluding hydrogens is 498 g/mol. The zero-order valence-electron chi connectivity index (χ0n) is 23.2. The summed E-state index contributed by atoms with van der Waals surface area (Å²) in [5.41, 5.74) is 3.31. The molecule has 8 heteroatoms. The second kappa shape index (κ2) is 9.70. The summed E-state index contributed by atoms with van der Waals surface area (Å²) in [6.07, 6.45) is 6.88. The summed E-state index contributed by atoms with van der Waals surface area (Å²) in [6.45, 7) is 8.57. The Balaban J connectivity index is 1.29. The van der Waals surface area contributed by atoms with Gasteiger partial charge >= 0.3 is 0 Å². The molecule has 4 heterocycles. The van der Waals surface area contributed by atoms with Crippen LogP contribution in [0.4, 0.5) is 0 Å². The predicted molar refractivity (Wildman–Crippen MR) is 147 cm³/mol. The zero-order chi connectivity index (χ0) is 26.8. The highest BCUT2D eigenvalue weighted by Gasteiger charge is 2.58. The summed E-state index contributed by atoms with van der Waals surface area (Å²) < 4.78 is 30.9. The van der Waals surface area contributed by atoms with Gasteiger partial charge in [-0.15, -0.1) is 0 Å². The van der Waals surface area contributed by atoms with E-state index in [9.17, 15) is 18.0 Å². The van der Waals surface area contributed by atoms with Gasteiger partial charge in [0, 0.05) is 56.0 Å². The molecule has 5 atom stereocenters. The molecule has 1 aliphatic carbocycles. The summed E-state index contributed by atoms with van der Waals surface area (Å²) in [5, 5.41) is -0.639. The maximum atomic E-state index is 14.5. The Morgan fingerprint density at radius 1 is 1.08 bits per heavy atom. The van der Waals surface area contributed by atoms with Gasteiger partial charge in [0.2, 0.25) is 21.8 Å². The van der Waals surface area contributed by atoms with Crippen molar-refractivity contribution in [3.05, 3.63) is 34.9 Å². The number of sulfonamides is 1. The number of fused-ring (bicyclic) bond motifs is 4. The number of rotatable bonds is 4. The van der Waals surface area contributed by atoms with E-state index in [2.05, 4.69) is 30.0 Å². The number of piperidine rings is 3. The minimum Gasteiger partial charge on any atom is -0.296 e. The third-order valence-corrected chi connectivity index (χ3v) is 13.2. The summed E-state index contributed by atoms with van der Waals surface area (Å²) >= 11 is 0. The van der Waals surface area contributed by atoms with Gasteiger partial charge < -0.3 is 0 Å². The molecule has 3 saturated heterocycles. The molecule has 4 fully saturated rings. The fraction of sp³-hybridized carbons (Fsp3) is 0.733. The third-order valence-electron chi connectivity index (χ3n) is 10.7. The molecule has 208 valence electrons. The lowest BCUT2D eigenvalue weighted by molar-refractivity contribution is -0.155. The molecule has 6 rings (SSSR count). The number of benzene rings is 1. The van der Waals surface area contributed by atoms with Crippen molar-refractivity contribution < 1.29 is 18.0 Å². The first-order valence-corrected chi connectivity index (χ1v) is 16.3. The van der Waals surface area contributed by atoms with Crippen molar-refractivity contribution in [1.29, 1.82) is 0 Å². The number of carbonyl (C=O) groups is 2. The van der Waals surface area contributed by atoms with Gasteiger partial charge in [-0.3, -0.25) is 19.4 Å². The highest BCUT2D eigenvalue weighted by atomic mass is 32.2. The van der Waals surface area contributed by atoms with Crippen LogP contribution in [-0.2, 0) is 26.0 Å². The maximum Gasteiger partial charge on any atom is 0.230 e. The Morgan fingerprint density at radius 3 is 2.58 bits per heavy atom. The van der Waals surface area contributed by atoms with E-state index >= 15 is 0 Å². The van der Waals surface area contributed by atoms with E-state index in [1.54, 1.807) is 0 Å². The highest BCUT2D eigenvalue weighted by Crippen LogP contribution is 2.53. The summed E-state index contributed by atoms with van der Waals surface area (Å²) in [5.74, 6) is -0.0251. The van der Waals surface area contributed by atoms with Gasteiger partial charge in [-0.1, -0.05) is 37.1 Å². The molecule has 0 N–H and O–H groups in total. The Kier molecular flexibility index (Phi) is 6.75. The zero-order valence-corrected chi connectivity index (χ0v) is 24.0. The van der Waals surface area contributed by atoms with Crippen molar-refractivity contribution in [2.75, 3.05) is 19.6 Å². The fourth-order valence-electron chi connectivity index (χ4n) is 8.65. The molecule has 1 aromatic rings. The van der Waals surface area contributed by atoms with Crippen LogP contribution in [0.1, 0.15) is 94.4 Å². The van der Waals surface area contributed by atoms with E-state index < -0.39 is 20.7 Å². The second-order valence-corrected chi connectivity index (χ2v) is 14.9. The molecule has 1 saturated carbocycles. The van der Waals surface area contributed by atoms with Crippen molar-refractivity contribution in [2.45, 2.75) is 108 Å². The summed E-state index contributed by atoms with van der Waals surface area (Å²) in [7, 11) is -3.66. The van der Waals surface area contributed by atoms with Crippen molar-refractivity contribution in [2.24, 2.45) is 11.3 Å². The fourth-order valence-corrected chi connectivity index (χ4v) is 11.4. The minimum absolute atomic E-state index is 0.00786. The lowest BCUT2D eigenvalue weighted by atomic mass is 9.75. The maximum absolute atomic E-state index is 14.5. The van der Waals surface area contributed by atoms with E-state index in [1.165, 1.54) is 21.6 Å². The average Bonchev–Trinajstić information content (AvgIpc) is 3.29. The third kappa shape index (κ3) is 4.17. The van der Waals surface area contributed by atoms with Crippen LogP contribution in [0.2, 0.25) is 0 Å². The van der Waals surface area contributed by atoms with Gasteiger partial charge in [0.15, 0.2) is 0 Å². The van der Waals surface area contributed by atoms with Crippen LogP contribution in [0, 0.1) is 18.3 Å². The number of carbonyl (C=O) groups excluding carboxylic acids is 2. The highest BCUT2D eigenvalue weighted by molar-refractivity contribution is 7.89. The summed E-state index contributed by atoms with van der Waals surface area (Å²) in [6, 6.07) is 6.86. The van der Waals surface area contributed by atoms with Gasteiger partial charge in [-0.2, -0.15) is 4.31 Å². The van der Waals surface area contributed by atoms with Crippen LogP contribution in [-0.4, -0.2) is 71.3 Å². The standard InChI is InChI=1S/C30H43N3O4S/c1-4-21(3)33-28(34)17-30(18-29(33)35)12-5-8-27(30)38(36,37)32-13-6-7-23-19-31-14-11-22-15-20(2)9-10-24(22)26(31)16-25(23)32/h9-10,15,21,23,25-27H,4-8,11-14,16-19H2,1-3H3/t21?,23-,25+,26+,27?/m1/s1. The van der Waals surface area contributed by atoms with Crippen molar-refractivity contribution in [3.63, 3.8) is 0 Å². The Bertz CT molecular complexity index is 1210. The number of imide groups is 1. The van der Waals surface area contributed by atoms with Crippen LogP contribution in [0.25, 0.3) is 0 Å². The average molecular weight is 542 g/mol. The second-order valence-electron chi connectivity index (χ2n) is 12.8. The van der Waals surface area contributed by atoms with E-state index in [-0.39, 0.29) is 42.8 Å². The van der Waals surface area contributed by atoms with Gasteiger partial charge in [-0.25, -0.2) is 8.42 Å². The lowest BCUT2D eigenvalue weighted by Gasteiger charge is -2.53. The van der Waals surface area contributed by atoms with Crippen LogP contribution >= 0.6 is 0 Å². The first-order valence-electron chi connectivity index (χ1n) is 14.8. The molecule has 38 heavy (non-hydrogen) atoms. The SMILES string of the molecule is CCC(C)N1C(=O)CC2(CCCC2S(=O)(=O)N2CCC[C@@H]3CN4CCc5cc(C)ccc5[C@@H]4C[C@@H]32)CC1=O.